The molecule has 0 aliphatic heterocycles. The second-order valence-corrected chi connectivity index (χ2v) is 8.06. The van der Waals surface area contributed by atoms with E-state index in [2.05, 4.69) is 35.2 Å². The first-order chi connectivity index (χ1) is 14.7. The second kappa shape index (κ2) is 8.80. The summed E-state index contributed by atoms with van der Waals surface area (Å²) in [7, 11) is 1.84. The third kappa shape index (κ3) is 4.26. The Morgan fingerprint density at radius 3 is 2.52 bits per heavy atom. The topological polar surface area (TPSA) is 67.2 Å². The zero-order valence-corrected chi connectivity index (χ0v) is 19.4. The summed E-state index contributed by atoms with van der Waals surface area (Å²) in [6.07, 6.45) is 1.72. The fourth-order valence-corrected chi connectivity index (χ4v) is 3.85. The van der Waals surface area contributed by atoms with E-state index >= 15 is 0 Å². The molecule has 5 nitrogen and oxygen atoms in total. The molecule has 31 heavy (non-hydrogen) atoms. The number of aromatic nitrogens is 1. The summed E-state index contributed by atoms with van der Waals surface area (Å²) in [6.45, 7) is 15.7. The van der Waals surface area contributed by atoms with Gasteiger partial charge in [-0.25, -0.2) is 0 Å². The summed E-state index contributed by atoms with van der Waals surface area (Å²) in [5.41, 5.74) is 7.63. The lowest BCUT2D eigenvalue weighted by Gasteiger charge is -2.20. The minimum absolute atomic E-state index is 0.0233. The highest BCUT2D eigenvalue weighted by molar-refractivity contribution is 5.85. The predicted octanol–water partition coefficient (Wildman–Crippen LogP) is 5.73. The molecule has 0 saturated heterocycles. The van der Waals surface area contributed by atoms with Crippen molar-refractivity contribution in [3.8, 4) is 0 Å². The molecule has 0 aliphatic carbocycles. The average molecular weight is 418 g/mol. The Morgan fingerprint density at radius 2 is 1.90 bits per heavy atom. The monoisotopic (exact) mass is 417 g/mol. The molecule has 2 N–H and O–H groups in total. The lowest BCUT2D eigenvalue weighted by atomic mass is 9.98. The number of nitrogens with zero attached hydrogens (tertiary/aromatic N) is 1. The van der Waals surface area contributed by atoms with Gasteiger partial charge < -0.3 is 15.1 Å². The molecule has 2 aromatic heterocycles. The number of fused-ring (bicyclic) bond motifs is 1. The number of benzene rings is 1. The molecular formula is C26H31N3O2. The Bertz CT molecular complexity index is 1250. The lowest BCUT2D eigenvalue weighted by molar-refractivity contribution is 0.573. The summed E-state index contributed by atoms with van der Waals surface area (Å²) in [6, 6.07) is 7.90. The van der Waals surface area contributed by atoms with E-state index in [9.17, 15) is 4.79 Å². The van der Waals surface area contributed by atoms with Crippen molar-refractivity contribution in [1.82, 2.24) is 10.3 Å². The first kappa shape index (κ1) is 22.3. The zero-order chi connectivity index (χ0) is 22.9. The first-order valence-corrected chi connectivity index (χ1v) is 10.5. The Morgan fingerprint density at radius 1 is 1.19 bits per heavy atom. The van der Waals surface area contributed by atoms with Crippen LogP contribution in [0.5, 0.6) is 0 Å². The van der Waals surface area contributed by atoms with Crippen LogP contribution >= 0.6 is 0 Å². The Labute approximate surface area is 183 Å². The molecule has 5 heteroatoms. The van der Waals surface area contributed by atoms with E-state index in [1.165, 1.54) is 0 Å². The van der Waals surface area contributed by atoms with Crippen LogP contribution in [0.1, 0.15) is 53.7 Å². The minimum atomic E-state index is -0.0918. The van der Waals surface area contributed by atoms with Crippen molar-refractivity contribution in [2.75, 3.05) is 12.4 Å². The predicted molar refractivity (Wildman–Crippen MR) is 130 cm³/mol. The van der Waals surface area contributed by atoms with Crippen molar-refractivity contribution in [3.63, 3.8) is 0 Å². The molecule has 0 spiro atoms. The number of nitrogens with one attached hydrogen (secondary N) is 2. The van der Waals surface area contributed by atoms with E-state index in [0.29, 0.717) is 22.3 Å². The maximum Gasteiger partial charge on any atom is 0.196 e. The van der Waals surface area contributed by atoms with Crippen molar-refractivity contribution < 1.29 is 4.42 Å². The van der Waals surface area contributed by atoms with Crippen LogP contribution in [0, 0.1) is 27.7 Å². The van der Waals surface area contributed by atoms with Gasteiger partial charge in [-0.15, -0.1) is 0 Å². The quantitative estimate of drug-likeness (QED) is 0.501. The lowest BCUT2D eigenvalue weighted by Crippen LogP contribution is -2.14. The molecule has 0 amide bonds. The molecule has 0 unspecified atom stereocenters. The van der Waals surface area contributed by atoms with E-state index in [0.717, 1.165) is 39.5 Å². The van der Waals surface area contributed by atoms with Crippen molar-refractivity contribution in [1.29, 1.82) is 0 Å². The summed E-state index contributed by atoms with van der Waals surface area (Å²) < 4.78 is 6.42. The first-order valence-electron chi connectivity index (χ1n) is 10.5. The zero-order valence-electron chi connectivity index (χ0n) is 19.4. The van der Waals surface area contributed by atoms with Gasteiger partial charge in [0.05, 0.1) is 22.8 Å². The summed E-state index contributed by atoms with van der Waals surface area (Å²) in [5.74, 6) is 0.546. The van der Waals surface area contributed by atoms with E-state index in [-0.39, 0.29) is 11.5 Å². The Hall–Kier alpha value is -3.34. The smallest absolute Gasteiger partial charge is 0.196 e. The van der Waals surface area contributed by atoms with Gasteiger partial charge in [-0.05, 0) is 65.3 Å². The molecule has 0 saturated carbocycles. The van der Waals surface area contributed by atoms with E-state index in [1.807, 2.05) is 52.9 Å². The molecule has 0 bridgehead atoms. The highest BCUT2D eigenvalue weighted by atomic mass is 16.3. The second-order valence-electron chi connectivity index (χ2n) is 8.06. The molecule has 0 fully saturated rings. The number of hydrogen-bond donors (Lipinski definition) is 2. The van der Waals surface area contributed by atoms with Crippen LogP contribution in [0.3, 0.4) is 0 Å². The van der Waals surface area contributed by atoms with Crippen LogP contribution in [0.25, 0.3) is 16.5 Å². The Balaban J connectivity index is 2.24. The van der Waals surface area contributed by atoms with E-state index in [4.69, 9.17) is 4.42 Å². The molecule has 1 atom stereocenters. The fraction of sp³-hybridized carbons (Fsp3) is 0.308. The number of aryl methyl sites for hydroxylation is 3. The number of rotatable bonds is 6. The molecule has 1 aromatic carbocycles. The van der Waals surface area contributed by atoms with Crippen LogP contribution in [0.15, 0.2) is 51.8 Å². The summed E-state index contributed by atoms with van der Waals surface area (Å²) >= 11 is 0. The van der Waals surface area contributed by atoms with Crippen LogP contribution in [0.4, 0.5) is 5.69 Å². The van der Waals surface area contributed by atoms with Gasteiger partial charge in [0.2, 0.25) is 0 Å². The third-order valence-corrected chi connectivity index (χ3v) is 5.68. The van der Waals surface area contributed by atoms with Crippen LogP contribution in [-0.2, 0) is 0 Å². The number of hydrogen-bond acceptors (Lipinski definition) is 5. The summed E-state index contributed by atoms with van der Waals surface area (Å²) in [4.78, 5) is 17.8. The molecule has 2 heterocycles. The van der Waals surface area contributed by atoms with Gasteiger partial charge in [0, 0.05) is 35.1 Å². The average Bonchev–Trinajstić information content (AvgIpc) is 2.73. The third-order valence-electron chi connectivity index (χ3n) is 5.68. The Kier molecular flexibility index (Phi) is 6.34. The highest BCUT2D eigenvalue weighted by Crippen LogP contribution is 2.31. The molecule has 162 valence electrons. The van der Waals surface area contributed by atoms with Gasteiger partial charge in [-0.1, -0.05) is 18.7 Å². The number of anilines is 1. The summed E-state index contributed by atoms with van der Waals surface area (Å²) in [5, 5.41) is 7.25. The minimum Gasteiger partial charge on any atom is -0.455 e. The van der Waals surface area contributed by atoms with Crippen molar-refractivity contribution in [2.24, 2.45) is 0 Å². The standard InChI is InChI=1S/C26H31N3O2/c1-9-20(17(5)27-8)25-16(4)24(30)22-13-14(2)12-21(26(22)31-25)18(6)29-23-11-10-15(3)28-19(23)7/h9-13,18,27,29H,1H2,2-8H3/b20-17+/t18-/m1/s1. The van der Waals surface area contributed by atoms with Gasteiger partial charge >= 0.3 is 0 Å². The molecule has 0 aliphatic rings. The molecule has 3 aromatic rings. The van der Waals surface area contributed by atoms with Crippen molar-refractivity contribution >= 4 is 22.2 Å². The number of allylic oxidation sites excluding steroid dienone is 3. The maximum atomic E-state index is 13.3. The fourth-order valence-electron chi connectivity index (χ4n) is 3.85. The molecular weight excluding hydrogens is 386 g/mol. The van der Waals surface area contributed by atoms with Gasteiger partial charge in [-0.2, -0.15) is 0 Å². The van der Waals surface area contributed by atoms with E-state index < -0.39 is 0 Å². The molecule has 0 radical (unpaired) electrons. The van der Waals surface area contributed by atoms with Crippen LogP contribution < -0.4 is 16.1 Å². The van der Waals surface area contributed by atoms with Gasteiger partial charge in [0.1, 0.15) is 11.3 Å². The van der Waals surface area contributed by atoms with Crippen molar-refractivity contribution in [2.45, 2.75) is 47.6 Å². The number of pyridine rings is 1. The normalized spacial score (nSPS) is 13.0. The van der Waals surface area contributed by atoms with Crippen LogP contribution in [0.2, 0.25) is 0 Å². The van der Waals surface area contributed by atoms with Gasteiger partial charge in [-0.3, -0.25) is 9.78 Å². The SMILES string of the molecule is C=C/C(=C(/C)NC)c1oc2c([C@@H](C)Nc3ccc(C)nc3C)cc(C)cc2c(=O)c1C. The van der Waals surface area contributed by atoms with Crippen molar-refractivity contribution in [3.05, 3.63) is 86.7 Å². The van der Waals surface area contributed by atoms with Crippen LogP contribution in [-0.4, -0.2) is 12.0 Å². The maximum absolute atomic E-state index is 13.3. The van der Waals surface area contributed by atoms with E-state index in [1.54, 1.807) is 13.0 Å². The van der Waals surface area contributed by atoms with Gasteiger partial charge in [0.25, 0.3) is 0 Å². The largest absolute Gasteiger partial charge is 0.455 e. The molecule has 3 rings (SSSR count). The highest BCUT2D eigenvalue weighted by Gasteiger charge is 2.20. The van der Waals surface area contributed by atoms with Gasteiger partial charge in [0.15, 0.2) is 5.43 Å².